The van der Waals surface area contributed by atoms with Gasteiger partial charge in [-0.1, -0.05) is 0 Å². The molecule has 0 aliphatic carbocycles. The van der Waals surface area contributed by atoms with Crippen molar-refractivity contribution in [2.45, 2.75) is 32.3 Å². The van der Waals surface area contributed by atoms with Crippen LogP contribution in [0.1, 0.15) is 35.2 Å². The molecule has 0 radical (unpaired) electrons. The highest BCUT2D eigenvalue weighted by atomic mass is 16.5. The molecule has 0 bridgehead atoms. The largest absolute Gasteiger partial charge is 0.508 e. The Balaban J connectivity index is 1.64. The Hall–Kier alpha value is -1.59. The second-order valence-corrected chi connectivity index (χ2v) is 5.43. The minimum atomic E-state index is -0.102. The zero-order valence-corrected chi connectivity index (χ0v) is 12.5. The maximum absolute atomic E-state index is 12.0. The summed E-state index contributed by atoms with van der Waals surface area (Å²) >= 11 is 0. The zero-order valence-electron chi connectivity index (χ0n) is 12.5. The Bertz CT molecular complexity index is 471. The van der Waals surface area contributed by atoms with Gasteiger partial charge in [-0.2, -0.15) is 0 Å². The Labute approximate surface area is 125 Å². The van der Waals surface area contributed by atoms with E-state index in [-0.39, 0.29) is 11.7 Å². The molecule has 0 spiro atoms. The van der Waals surface area contributed by atoms with E-state index in [0.29, 0.717) is 24.8 Å². The highest BCUT2D eigenvalue weighted by Gasteiger charge is 2.13. The van der Waals surface area contributed by atoms with Crippen LogP contribution in [0.3, 0.4) is 0 Å². The first kappa shape index (κ1) is 15.8. The van der Waals surface area contributed by atoms with Gasteiger partial charge >= 0.3 is 0 Å². The van der Waals surface area contributed by atoms with Gasteiger partial charge in [0, 0.05) is 18.7 Å². The maximum Gasteiger partial charge on any atom is 0.251 e. The normalized spacial score (nSPS) is 15.9. The van der Waals surface area contributed by atoms with Crippen molar-refractivity contribution in [3.63, 3.8) is 0 Å². The number of phenolic OH excluding ortho intramolecular Hbond substituents is 1. The van der Waals surface area contributed by atoms with Crippen LogP contribution >= 0.6 is 0 Å². The number of aryl methyl sites for hydroxylation is 1. The summed E-state index contributed by atoms with van der Waals surface area (Å²) in [5.41, 5.74) is 1.38. The number of hydrogen-bond donors (Lipinski definition) is 3. The lowest BCUT2D eigenvalue weighted by molar-refractivity contribution is 0.0318. The Kier molecular flexibility index (Phi) is 6.02. The van der Waals surface area contributed by atoms with Crippen molar-refractivity contribution < 1.29 is 14.6 Å². The fourth-order valence-corrected chi connectivity index (χ4v) is 2.48. The van der Waals surface area contributed by atoms with Crippen LogP contribution in [0.5, 0.6) is 5.75 Å². The molecule has 3 N–H and O–H groups in total. The Morgan fingerprint density at radius 2 is 2.19 bits per heavy atom. The predicted octanol–water partition coefficient (Wildman–Crippen LogP) is 1.59. The second kappa shape index (κ2) is 8.00. The van der Waals surface area contributed by atoms with Gasteiger partial charge < -0.3 is 20.5 Å². The van der Waals surface area contributed by atoms with Crippen molar-refractivity contribution in [2.24, 2.45) is 0 Å². The molecule has 1 heterocycles. The number of benzene rings is 1. The molecule has 0 aromatic heterocycles. The monoisotopic (exact) mass is 292 g/mol. The van der Waals surface area contributed by atoms with Crippen LogP contribution < -0.4 is 10.6 Å². The Morgan fingerprint density at radius 1 is 1.43 bits per heavy atom. The van der Waals surface area contributed by atoms with Crippen molar-refractivity contribution in [3.05, 3.63) is 29.3 Å². The van der Waals surface area contributed by atoms with Crippen molar-refractivity contribution in [2.75, 3.05) is 26.2 Å². The number of amides is 1. The minimum Gasteiger partial charge on any atom is -0.508 e. The number of rotatable bonds is 6. The van der Waals surface area contributed by atoms with Crippen LogP contribution in [0.25, 0.3) is 0 Å². The zero-order chi connectivity index (χ0) is 15.1. The van der Waals surface area contributed by atoms with E-state index in [1.165, 1.54) is 6.07 Å². The summed E-state index contributed by atoms with van der Waals surface area (Å²) in [6, 6.07) is 4.77. The van der Waals surface area contributed by atoms with Crippen molar-refractivity contribution in [1.29, 1.82) is 0 Å². The van der Waals surface area contributed by atoms with Gasteiger partial charge in [0.2, 0.25) is 0 Å². The third kappa shape index (κ3) is 5.02. The van der Waals surface area contributed by atoms with Gasteiger partial charge in [0.1, 0.15) is 5.75 Å². The SMILES string of the molecule is Cc1cc(O)ccc1C(=O)NCCCOC1CCNCC1. The van der Waals surface area contributed by atoms with Crippen molar-refractivity contribution in [3.8, 4) is 5.75 Å². The summed E-state index contributed by atoms with van der Waals surface area (Å²) in [5, 5.41) is 15.5. The molecule has 1 saturated heterocycles. The van der Waals surface area contributed by atoms with E-state index >= 15 is 0 Å². The second-order valence-electron chi connectivity index (χ2n) is 5.43. The van der Waals surface area contributed by atoms with Crippen LogP contribution in [0.4, 0.5) is 0 Å². The van der Waals surface area contributed by atoms with Crippen LogP contribution in [0.15, 0.2) is 18.2 Å². The number of piperidine rings is 1. The van der Waals surface area contributed by atoms with Crippen LogP contribution in [-0.2, 0) is 4.74 Å². The molecule has 2 rings (SSSR count). The van der Waals surface area contributed by atoms with Gasteiger partial charge in [-0.15, -0.1) is 0 Å². The summed E-state index contributed by atoms with van der Waals surface area (Å²) < 4.78 is 5.79. The summed E-state index contributed by atoms with van der Waals surface area (Å²) in [7, 11) is 0. The van der Waals surface area contributed by atoms with Gasteiger partial charge in [0.15, 0.2) is 0 Å². The lowest BCUT2D eigenvalue weighted by atomic mass is 10.1. The highest BCUT2D eigenvalue weighted by molar-refractivity contribution is 5.95. The molecule has 1 aromatic rings. The average molecular weight is 292 g/mol. The van der Waals surface area contributed by atoms with Gasteiger partial charge in [-0.3, -0.25) is 4.79 Å². The summed E-state index contributed by atoms with van der Waals surface area (Å²) in [6.45, 7) is 5.15. The molecule has 21 heavy (non-hydrogen) atoms. The van der Waals surface area contributed by atoms with Gasteiger partial charge in [0.05, 0.1) is 6.10 Å². The van der Waals surface area contributed by atoms with Gasteiger partial charge in [0.25, 0.3) is 5.91 Å². The summed E-state index contributed by atoms with van der Waals surface area (Å²) in [5.74, 6) is 0.0776. The number of aromatic hydroxyl groups is 1. The number of nitrogens with one attached hydrogen (secondary N) is 2. The first-order valence-corrected chi connectivity index (χ1v) is 7.57. The first-order valence-electron chi connectivity index (χ1n) is 7.57. The first-order chi connectivity index (χ1) is 10.2. The molecule has 5 heteroatoms. The number of ether oxygens (including phenoxy) is 1. The average Bonchev–Trinajstić information content (AvgIpc) is 2.47. The molecule has 116 valence electrons. The van der Waals surface area contributed by atoms with Crippen LogP contribution in [-0.4, -0.2) is 43.4 Å². The molecule has 5 nitrogen and oxygen atoms in total. The number of hydrogen-bond acceptors (Lipinski definition) is 4. The highest BCUT2D eigenvalue weighted by Crippen LogP contribution is 2.15. The minimum absolute atomic E-state index is 0.102. The fourth-order valence-electron chi connectivity index (χ4n) is 2.48. The van der Waals surface area contributed by atoms with E-state index in [9.17, 15) is 9.90 Å². The quantitative estimate of drug-likeness (QED) is 0.696. The molecular formula is C16H24N2O3. The van der Waals surface area contributed by atoms with Gasteiger partial charge in [-0.05, 0) is 63.0 Å². The molecule has 1 aliphatic rings. The standard InChI is InChI=1S/C16H24N2O3/c1-12-11-13(19)3-4-15(12)16(20)18-7-2-10-21-14-5-8-17-9-6-14/h3-4,11,14,17,19H,2,5-10H2,1H3,(H,18,20). The molecule has 1 aliphatic heterocycles. The van der Waals surface area contributed by atoms with Crippen molar-refractivity contribution in [1.82, 2.24) is 10.6 Å². The molecule has 0 saturated carbocycles. The molecule has 0 unspecified atom stereocenters. The topological polar surface area (TPSA) is 70.6 Å². The van der Waals surface area contributed by atoms with E-state index < -0.39 is 0 Å². The third-order valence-corrected chi connectivity index (χ3v) is 3.70. The molecule has 1 amide bonds. The maximum atomic E-state index is 12.0. The Morgan fingerprint density at radius 3 is 2.90 bits per heavy atom. The van der Waals surface area contributed by atoms with E-state index in [4.69, 9.17) is 4.74 Å². The van der Waals surface area contributed by atoms with E-state index in [1.54, 1.807) is 12.1 Å². The third-order valence-electron chi connectivity index (χ3n) is 3.70. The number of carbonyl (C=O) groups is 1. The summed E-state index contributed by atoms with van der Waals surface area (Å²) in [4.78, 5) is 12.0. The van der Waals surface area contributed by atoms with Crippen LogP contribution in [0.2, 0.25) is 0 Å². The molecule has 1 fully saturated rings. The number of phenols is 1. The van der Waals surface area contributed by atoms with Crippen LogP contribution in [0, 0.1) is 6.92 Å². The molecule has 0 atom stereocenters. The van der Waals surface area contributed by atoms with E-state index in [0.717, 1.165) is 37.9 Å². The van der Waals surface area contributed by atoms with E-state index in [1.807, 2.05) is 6.92 Å². The molecule has 1 aromatic carbocycles. The lowest BCUT2D eigenvalue weighted by Crippen LogP contribution is -2.33. The fraction of sp³-hybridized carbons (Fsp3) is 0.562. The van der Waals surface area contributed by atoms with Crippen molar-refractivity contribution >= 4 is 5.91 Å². The van der Waals surface area contributed by atoms with Gasteiger partial charge in [-0.25, -0.2) is 0 Å². The number of carbonyl (C=O) groups excluding carboxylic acids is 1. The van der Waals surface area contributed by atoms with E-state index in [2.05, 4.69) is 10.6 Å². The summed E-state index contributed by atoms with van der Waals surface area (Å²) in [6.07, 6.45) is 3.31. The smallest absolute Gasteiger partial charge is 0.251 e. The molecular weight excluding hydrogens is 268 g/mol. The lowest BCUT2D eigenvalue weighted by Gasteiger charge is -2.22. The predicted molar refractivity (Wildman–Crippen MR) is 81.6 cm³/mol.